The topological polar surface area (TPSA) is 43.8 Å². The summed E-state index contributed by atoms with van der Waals surface area (Å²) in [5, 5.41) is 9.62. The van der Waals surface area contributed by atoms with E-state index in [0.29, 0.717) is 11.9 Å². The van der Waals surface area contributed by atoms with Crippen molar-refractivity contribution in [2.45, 2.75) is 51.2 Å². The molecule has 0 saturated carbocycles. The second-order valence-electron chi connectivity index (χ2n) is 5.28. The Balaban J connectivity index is 1.76. The van der Waals surface area contributed by atoms with E-state index in [1.165, 1.54) is 0 Å². The smallest absolute Gasteiger partial charge is 0.222 e. The van der Waals surface area contributed by atoms with Gasteiger partial charge in [-0.25, -0.2) is 0 Å². The van der Waals surface area contributed by atoms with Crippen molar-refractivity contribution in [3.8, 4) is 0 Å². The Labute approximate surface area is 104 Å². The molecule has 2 rings (SSSR count). The van der Waals surface area contributed by atoms with E-state index in [1.54, 1.807) is 0 Å². The maximum absolute atomic E-state index is 11.7. The van der Waals surface area contributed by atoms with E-state index < -0.39 is 0 Å². The lowest BCUT2D eigenvalue weighted by molar-refractivity contribution is -0.130. The highest BCUT2D eigenvalue weighted by Crippen LogP contribution is 2.22. The highest BCUT2D eigenvalue weighted by Gasteiger charge is 2.30. The summed E-state index contributed by atoms with van der Waals surface area (Å²) in [6.45, 7) is 5.80. The zero-order chi connectivity index (χ0) is 12.3. The number of hydrogen-bond donors (Lipinski definition) is 1. The Kier molecular flexibility index (Phi) is 4.40. The first-order valence-corrected chi connectivity index (χ1v) is 6.90. The van der Waals surface area contributed by atoms with Gasteiger partial charge >= 0.3 is 0 Å². The maximum Gasteiger partial charge on any atom is 0.222 e. The quantitative estimate of drug-likeness (QED) is 0.792. The van der Waals surface area contributed by atoms with E-state index in [2.05, 4.69) is 9.80 Å². The Hall–Kier alpha value is -0.610. The van der Waals surface area contributed by atoms with Gasteiger partial charge in [-0.1, -0.05) is 6.92 Å². The average molecular weight is 240 g/mol. The fourth-order valence-electron chi connectivity index (χ4n) is 2.90. The van der Waals surface area contributed by atoms with Gasteiger partial charge in [-0.3, -0.25) is 4.79 Å². The van der Waals surface area contributed by atoms with E-state index >= 15 is 0 Å². The Morgan fingerprint density at radius 3 is 2.59 bits per heavy atom. The number of amides is 1. The summed E-state index contributed by atoms with van der Waals surface area (Å²) >= 11 is 0. The maximum atomic E-state index is 11.7. The zero-order valence-corrected chi connectivity index (χ0v) is 10.8. The van der Waals surface area contributed by atoms with Crippen LogP contribution >= 0.6 is 0 Å². The van der Waals surface area contributed by atoms with E-state index in [4.69, 9.17) is 0 Å². The van der Waals surface area contributed by atoms with Crippen molar-refractivity contribution in [3.05, 3.63) is 0 Å². The minimum atomic E-state index is -0.194. The van der Waals surface area contributed by atoms with Crippen LogP contribution in [0.2, 0.25) is 0 Å². The number of aliphatic hydroxyl groups is 1. The predicted octanol–water partition coefficient (Wildman–Crippen LogP) is 0.844. The molecule has 0 aromatic rings. The Bertz CT molecular complexity index is 262. The molecule has 2 aliphatic rings. The van der Waals surface area contributed by atoms with Crippen LogP contribution in [0.25, 0.3) is 0 Å². The lowest BCUT2D eigenvalue weighted by Crippen LogP contribution is -2.47. The van der Waals surface area contributed by atoms with Gasteiger partial charge in [0.25, 0.3) is 0 Å². The molecule has 0 unspecified atom stereocenters. The Morgan fingerprint density at radius 2 is 2.06 bits per heavy atom. The van der Waals surface area contributed by atoms with Crippen molar-refractivity contribution in [3.63, 3.8) is 0 Å². The van der Waals surface area contributed by atoms with Gasteiger partial charge in [-0.05, 0) is 25.7 Å². The summed E-state index contributed by atoms with van der Waals surface area (Å²) in [5.41, 5.74) is 0. The molecule has 1 amide bonds. The number of hydrogen-bond acceptors (Lipinski definition) is 3. The molecule has 98 valence electrons. The van der Waals surface area contributed by atoms with Gasteiger partial charge in [-0.2, -0.15) is 0 Å². The molecule has 0 aromatic heterocycles. The molecule has 0 radical (unpaired) electrons. The molecule has 0 spiro atoms. The Morgan fingerprint density at radius 1 is 1.35 bits per heavy atom. The number of piperidine rings is 1. The molecular formula is C13H24N2O2. The average Bonchev–Trinajstić information content (AvgIpc) is 2.76. The number of likely N-dealkylation sites (tertiary alicyclic amines) is 2. The molecular weight excluding hydrogens is 216 g/mol. The van der Waals surface area contributed by atoms with E-state index in [9.17, 15) is 9.90 Å². The first-order chi connectivity index (χ1) is 8.20. The van der Waals surface area contributed by atoms with Gasteiger partial charge in [0.15, 0.2) is 0 Å². The van der Waals surface area contributed by atoms with E-state index in [-0.39, 0.29) is 6.10 Å². The SMILES string of the molecule is CC[C@@H](O)CN1CCC(N2CCCC2=O)CC1. The lowest BCUT2D eigenvalue weighted by Gasteiger charge is -2.37. The molecule has 2 saturated heterocycles. The minimum absolute atomic E-state index is 0.194. The fraction of sp³-hybridized carbons (Fsp3) is 0.923. The number of β-amino-alcohol motifs (C(OH)–C–C–N with tert-alkyl or cyclic N) is 1. The molecule has 4 nitrogen and oxygen atoms in total. The molecule has 2 aliphatic heterocycles. The summed E-state index contributed by atoms with van der Waals surface area (Å²) in [6, 6.07) is 0.458. The van der Waals surface area contributed by atoms with Crippen molar-refractivity contribution in [2.75, 3.05) is 26.2 Å². The predicted molar refractivity (Wildman–Crippen MR) is 66.7 cm³/mol. The molecule has 4 heteroatoms. The molecule has 17 heavy (non-hydrogen) atoms. The third-order valence-corrected chi connectivity index (χ3v) is 4.05. The number of rotatable bonds is 4. The molecule has 2 fully saturated rings. The van der Waals surface area contributed by atoms with E-state index in [0.717, 1.165) is 58.3 Å². The van der Waals surface area contributed by atoms with Crippen LogP contribution in [0.5, 0.6) is 0 Å². The van der Waals surface area contributed by atoms with Gasteiger partial charge in [0, 0.05) is 38.6 Å². The molecule has 0 aromatic carbocycles. The van der Waals surface area contributed by atoms with Gasteiger partial charge in [0.2, 0.25) is 5.91 Å². The first kappa shape index (κ1) is 12.8. The van der Waals surface area contributed by atoms with Crippen molar-refractivity contribution < 1.29 is 9.90 Å². The number of carbonyl (C=O) groups excluding carboxylic acids is 1. The molecule has 1 N–H and O–H groups in total. The van der Waals surface area contributed by atoms with Crippen molar-refractivity contribution in [2.24, 2.45) is 0 Å². The minimum Gasteiger partial charge on any atom is -0.392 e. The van der Waals surface area contributed by atoms with Crippen LogP contribution in [-0.4, -0.2) is 59.1 Å². The molecule has 1 atom stereocenters. The van der Waals surface area contributed by atoms with Crippen LogP contribution in [0.4, 0.5) is 0 Å². The van der Waals surface area contributed by atoms with Crippen LogP contribution in [-0.2, 0) is 4.79 Å². The summed E-state index contributed by atoms with van der Waals surface area (Å²) in [6.07, 6.45) is 4.55. The van der Waals surface area contributed by atoms with Gasteiger partial charge < -0.3 is 14.9 Å². The van der Waals surface area contributed by atoms with Crippen molar-refractivity contribution in [1.29, 1.82) is 0 Å². The van der Waals surface area contributed by atoms with Crippen LogP contribution in [0, 0.1) is 0 Å². The first-order valence-electron chi connectivity index (χ1n) is 6.90. The summed E-state index contributed by atoms with van der Waals surface area (Å²) < 4.78 is 0. The summed E-state index contributed by atoms with van der Waals surface area (Å²) in [5.74, 6) is 0.344. The number of carbonyl (C=O) groups is 1. The fourth-order valence-corrected chi connectivity index (χ4v) is 2.90. The number of nitrogens with zero attached hydrogens (tertiary/aromatic N) is 2. The lowest BCUT2D eigenvalue weighted by atomic mass is 10.0. The van der Waals surface area contributed by atoms with Crippen LogP contribution in [0.15, 0.2) is 0 Å². The highest BCUT2D eigenvalue weighted by molar-refractivity contribution is 5.78. The highest BCUT2D eigenvalue weighted by atomic mass is 16.3. The van der Waals surface area contributed by atoms with Crippen molar-refractivity contribution in [1.82, 2.24) is 9.80 Å². The number of aliphatic hydroxyl groups excluding tert-OH is 1. The van der Waals surface area contributed by atoms with E-state index in [1.807, 2.05) is 6.92 Å². The zero-order valence-electron chi connectivity index (χ0n) is 10.8. The summed E-state index contributed by atoms with van der Waals surface area (Å²) in [4.78, 5) is 16.1. The second-order valence-corrected chi connectivity index (χ2v) is 5.28. The third-order valence-electron chi connectivity index (χ3n) is 4.05. The largest absolute Gasteiger partial charge is 0.392 e. The molecule has 0 bridgehead atoms. The van der Waals surface area contributed by atoms with Gasteiger partial charge in [0.1, 0.15) is 0 Å². The van der Waals surface area contributed by atoms with Crippen LogP contribution < -0.4 is 0 Å². The summed E-state index contributed by atoms with van der Waals surface area (Å²) in [7, 11) is 0. The van der Waals surface area contributed by atoms with Crippen LogP contribution in [0.1, 0.15) is 39.0 Å². The standard InChI is InChI=1S/C13H24N2O2/c1-2-12(16)10-14-8-5-11(6-9-14)15-7-3-4-13(15)17/h11-12,16H,2-10H2,1H3/t12-/m1/s1. The van der Waals surface area contributed by atoms with Gasteiger partial charge in [0.05, 0.1) is 6.10 Å². The molecule has 2 heterocycles. The molecule has 0 aliphatic carbocycles. The van der Waals surface area contributed by atoms with Crippen LogP contribution in [0.3, 0.4) is 0 Å². The second kappa shape index (κ2) is 5.83. The third kappa shape index (κ3) is 3.19. The van der Waals surface area contributed by atoms with Crippen molar-refractivity contribution >= 4 is 5.91 Å². The van der Waals surface area contributed by atoms with Gasteiger partial charge in [-0.15, -0.1) is 0 Å². The normalized spacial score (nSPS) is 25.5. The monoisotopic (exact) mass is 240 g/mol.